The van der Waals surface area contributed by atoms with Gasteiger partial charge in [-0.3, -0.25) is 0 Å². The van der Waals surface area contributed by atoms with Crippen molar-refractivity contribution in [3.8, 4) is 0 Å². The molecule has 1 aliphatic rings. The predicted octanol–water partition coefficient (Wildman–Crippen LogP) is 1.45. The molecule has 0 bridgehead atoms. The van der Waals surface area contributed by atoms with Crippen molar-refractivity contribution in [3.63, 3.8) is 0 Å². The maximum absolute atomic E-state index is 10.1. The van der Waals surface area contributed by atoms with E-state index in [9.17, 15) is 5.11 Å². The molecule has 5 nitrogen and oxygen atoms in total. The molecule has 0 heterocycles. The van der Waals surface area contributed by atoms with Gasteiger partial charge in [-0.1, -0.05) is 6.08 Å². The molecule has 6 heteroatoms. The predicted molar refractivity (Wildman–Crippen MR) is 86.7 cm³/mol. The molecule has 0 radical (unpaired) electrons. The van der Waals surface area contributed by atoms with Gasteiger partial charge in [0.05, 0.1) is 24.0 Å². The molecule has 3 N–H and O–H groups in total. The number of hydrogen-bond donors (Lipinski definition) is 3. The van der Waals surface area contributed by atoms with Crippen molar-refractivity contribution in [2.24, 2.45) is 0 Å². The Kier molecular flexibility index (Phi) is 5.42. The van der Waals surface area contributed by atoms with Crippen LogP contribution in [0, 0.1) is 5.41 Å². The first-order chi connectivity index (χ1) is 9.62. The van der Waals surface area contributed by atoms with E-state index in [0.29, 0.717) is 19.0 Å². The van der Waals surface area contributed by atoms with Crippen LogP contribution in [-0.4, -0.2) is 43.7 Å². The Morgan fingerprint density at radius 2 is 1.90 bits per heavy atom. The molecule has 21 heavy (non-hydrogen) atoms. The van der Waals surface area contributed by atoms with Crippen LogP contribution in [0.2, 0.25) is 0 Å². The molecular weight excluding hydrogens is 267 g/mol. The fraction of sp³-hybridized carbons (Fsp3) is 0.533. The average Bonchev–Trinajstić information content (AvgIpc) is 2.38. The quantitative estimate of drug-likeness (QED) is 0.648. The largest absolute Gasteiger partial charge is 0.497 e. The lowest BCUT2D eigenvalue weighted by Crippen LogP contribution is -2.48. The van der Waals surface area contributed by atoms with Crippen LogP contribution in [0.4, 0.5) is 0 Å². The van der Waals surface area contributed by atoms with Gasteiger partial charge in [0.15, 0.2) is 0 Å². The highest BCUT2D eigenvalue weighted by Gasteiger charge is 2.36. The third-order valence-corrected chi connectivity index (χ3v) is 3.81. The minimum absolute atomic E-state index is 0.297. The molecule has 0 saturated heterocycles. The van der Waals surface area contributed by atoms with Crippen LogP contribution in [0.3, 0.4) is 0 Å². The summed E-state index contributed by atoms with van der Waals surface area (Å²) in [5, 5.41) is 21.0. The van der Waals surface area contributed by atoms with Crippen LogP contribution >= 0.6 is 0 Å². The summed E-state index contributed by atoms with van der Waals surface area (Å²) in [6.45, 7) is 7.13. The van der Waals surface area contributed by atoms with Gasteiger partial charge in [0.25, 0.3) is 0 Å². The first kappa shape index (κ1) is 17.5. The van der Waals surface area contributed by atoms with Gasteiger partial charge in [-0.2, -0.15) is 0 Å². The molecule has 0 atom stereocenters. The molecule has 0 aromatic rings. The van der Waals surface area contributed by atoms with Crippen LogP contribution < -0.4 is 5.32 Å². The Labute approximate surface area is 127 Å². The Morgan fingerprint density at radius 1 is 1.29 bits per heavy atom. The fourth-order valence-electron chi connectivity index (χ4n) is 1.66. The summed E-state index contributed by atoms with van der Waals surface area (Å²) in [5.74, 6) is 0.611. The smallest absolute Gasteiger partial charge is 0.313 e. The average molecular weight is 292 g/mol. The van der Waals surface area contributed by atoms with E-state index in [1.807, 2.05) is 19.9 Å². The molecule has 0 saturated carbocycles. The highest BCUT2D eigenvalue weighted by molar-refractivity contribution is 6.41. The molecule has 0 amide bonds. The fourth-order valence-corrected chi connectivity index (χ4v) is 1.66. The third-order valence-electron chi connectivity index (χ3n) is 3.81. The summed E-state index contributed by atoms with van der Waals surface area (Å²) in [7, 11) is 3.66. The van der Waals surface area contributed by atoms with Crippen molar-refractivity contribution in [1.29, 1.82) is 5.41 Å². The van der Waals surface area contributed by atoms with Crippen LogP contribution in [0.25, 0.3) is 0 Å². The monoisotopic (exact) mass is 292 g/mol. The van der Waals surface area contributed by atoms with Gasteiger partial charge in [-0.05, 0) is 33.2 Å². The van der Waals surface area contributed by atoms with E-state index in [1.165, 1.54) is 0 Å². The summed E-state index contributed by atoms with van der Waals surface area (Å²) >= 11 is 0. The highest BCUT2D eigenvalue weighted by Crippen LogP contribution is 2.27. The molecule has 1 aliphatic carbocycles. The van der Waals surface area contributed by atoms with Crippen LogP contribution in [-0.2, 0) is 9.39 Å². The standard InChI is InChI=1S/C15H25BN2O3/c1-14(2,19)15(3,4)21-16-11-7-10(9-18-5)12(17)8-13(11)20-6/h7-9,16-19H,1-6H3/b10-9-,17-12?. The number of hydrogen-bond acceptors (Lipinski definition) is 5. The molecule has 0 spiro atoms. The Hall–Kier alpha value is -1.53. The number of ether oxygens (including phenoxy) is 1. The van der Waals surface area contributed by atoms with Crippen molar-refractivity contribution >= 4 is 13.2 Å². The van der Waals surface area contributed by atoms with Gasteiger partial charge < -0.3 is 25.2 Å². The number of methoxy groups -OCH3 is 1. The van der Waals surface area contributed by atoms with Crippen molar-refractivity contribution in [3.05, 3.63) is 35.2 Å². The van der Waals surface area contributed by atoms with Crippen molar-refractivity contribution < 1.29 is 14.5 Å². The molecule has 0 aliphatic heterocycles. The van der Waals surface area contributed by atoms with E-state index >= 15 is 0 Å². The molecule has 1 rings (SSSR count). The SMILES string of the molecule is CN/C=C1/C=C(BOC(C)(C)C(C)(C)O)C(OC)=CC1=N. The maximum atomic E-state index is 10.1. The van der Waals surface area contributed by atoms with Crippen molar-refractivity contribution in [1.82, 2.24) is 5.32 Å². The van der Waals surface area contributed by atoms with Gasteiger partial charge in [-0.25, -0.2) is 0 Å². The van der Waals surface area contributed by atoms with Gasteiger partial charge in [0.2, 0.25) is 0 Å². The van der Waals surface area contributed by atoms with Crippen LogP contribution in [0.5, 0.6) is 0 Å². The Bertz CT molecular complexity index is 500. The van der Waals surface area contributed by atoms with Gasteiger partial charge in [-0.15, -0.1) is 0 Å². The van der Waals surface area contributed by atoms with E-state index in [2.05, 4.69) is 5.32 Å². The molecule has 0 aromatic carbocycles. The third kappa shape index (κ3) is 4.22. The van der Waals surface area contributed by atoms with Crippen LogP contribution in [0.15, 0.2) is 35.2 Å². The van der Waals surface area contributed by atoms with Gasteiger partial charge >= 0.3 is 7.48 Å². The summed E-state index contributed by atoms with van der Waals surface area (Å²) in [5.41, 5.74) is 0.317. The zero-order valence-electron chi connectivity index (χ0n) is 13.7. The molecular formula is C15H25BN2O3. The second-order valence-corrected chi connectivity index (χ2v) is 6.04. The first-order valence-corrected chi connectivity index (χ1v) is 6.91. The van der Waals surface area contributed by atoms with Crippen molar-refractivity contribution in [2.45, 2.75) is 38.9 Å². The minimum atomic E-state index is -0.963. The summed E-state index contributed by atoms with van der Waals surface area (Å²) in [6, 6.07) is 0. The number of nitrogens with one attached hydrogen (secondary N) is 2. The summed E-state index contributed by atoms with van der Waals surface area (Å²) in [6.07, 6.45) is 5.28. The van der Waals surface area contributed by atoms with E-state index in [0.717, 1.165) is 11.0 Å². The lowest BCUT2D eigenvalue weighted by Gasteiger charge is -2.38. The maximum Gasteiger partial charge on any atom is 0.313 e. The normalized spacial score (nSPS) is 18.2. The van der Waals surface area contributed by atoms with Gasteiger partial charge in [0, 0.05) is 24.9 Å². The zero-order valence-corrected chi connectivity index (χ0v) is 13.7. The molecule has 0 aromatic heterocycles. The summed E-state index contributed by atoms with van der Waals surface area (Å²) < 4.78 is 11.2. The van der Waals surface area contributed by atoms with Gasteiger partial charge in [0.1, 0.15) is 5.76 Å². The minimum Gasteiger partial charge on any atom is -0.497 e. The lowest BCUT2D eigenvalue weighted by molar-refractivity contribution is -0.0897. The van der Waals surface area contributed by atoms with E-state index in [1.54, 1.807) is 40.3 Å². The second-order valence-electron chi connectivity index (χ2n) is 6.04. The molecule has 116 valence electrons. The number of allylic oxidation sites excluding steroid dienone is 4. The first-order valence-electron chi connectivity index (χ1n) is 6.91. The zero-order chi connectivity index (χ0) is 16.3. The Balaban J connectivity index is 2.94. The topological polar surface area (TPSA) is 74.6 Å². The summed E-state index contributed by atoms with van der Waals surface area (Å²) in [4.78, 5) is 0. The van der Waals surface area contributed by atoms with E-state index in [4.69, 9.17) is 14.8 Å². The highest BCUT2D eigenvalue weighted by atomic mass is 16.5. The molecule has 0 unspecified atom stereocenters. The lowest BCUT2D eigenvalue weighted by atomic mass is 9.78. The van der Waals surface area contributed by atoms with Crippen LogP contribution in [0.1, 0.15) is 27.7 Å². The molecule has 0 fully saturated rings. The number of aliphatic hydroxyl groups is 1. The van der Waals surface area contributed by atoms with E-state index < -0.39 is 11.2 Å². The Morgan fingerprint density at radius 3 is 2.38 bits per heavy atom. The second kappa shape index (κ2) is 6.49. The van der Waals surface area contributed by atoms with Crippen molar-refractivity contribution in [2.75, 3.05) is 14.2 Å². The van der Waals surface area contributed by atoms with E-state index in [-0.39, 0.29) is 0 Å². The number of rotatable bonds is 6.